The molecule has 1 aromatic heterocycles. The first-order valence-electron chi connectivity index (χ1n) is 7.44. The van der Waals surface area contributed by atoms with Crippen molar-refractivity contribution in [3.63, 3.8) is 0 Å². The Bertz CT molecular complexity index is 818. The van der Waals surface area contributed by atoms with Gasteiger partial charge in [0.1, 0.15) is 10.8 Å². The lowest BCUT2D eigenvalue weighted by atomic mass is 10.2. The fraction of sp³-hybridized carbons (Fsp3) is 0.111. The predicted molar refractivity (Wildman–Crippen MR) is 96.4 cm³/mol. The van der Waals surface area contributed by atoms with Crippen LogP contribution in [0.5, 0.6) is 5.75 Å². The van der Waals surface area contributed by atoms with E-state index in [1.807, 2.05) is 47.8 Å². The van der Waals surface area contributed by atoms with Crippen molar-refractivity contribution in [3.8, 4) is 16.3 Å². The monoisotopic (exact) mass is 339 g/mol. The van der Waals surface area contributed by atoms with Crippen LogP contribution in [0.15, 0.2) is 60.0 Å². The quantitative estimate of drug-likeness (QED) is 0.734. The fourth-order valence-electron chi connectivity index (χ4n) is 2.19. The topological polar surface area (TPSA) is 63.2 Å². The van der Waals surface area contributed by atoms with E-state index in [0.717, 1.165) is 16.3 Å². The second kappa shape index (κ2) is 7.61. The molecule has 3 rings (SSSR count). The van der Waals surface area contributed by atoms with Gasteiger partial charge in [-0.05, 0) is 12.1 Å². The molecule has 1 heterocycles. The average Bonchev–Trinajstić information content (AvgIpc) is 3.10. The summed E-state index contributed by atoms with van der Waals surface area (Å²) in [6.07, 6.45) is 0. The molecule has 0 aliphatic heterocycles. The summed E-state index contributed by atoms with van der Waals surface area (Å²) >= 11 is 1.56. The van der Waals surface area contributed by atoms with Crippen molar-refractivity contribution in [1.29, 1.82) is 0 Å². The summed E-state index contributed by atoms with van der Waals surface area (Å²) in [5.74, 6) is 0.618. The summed E-state index contributed by atoms with van der Waals surface area (Å²) in [6, 6.07) is 16.9. The van der Waals surface area contributed by atoms with Crippen molar-refractivity contribution in [2.45, 2.75) is 6.54 Å². The van der Waals surface area contributed by atoms with Crippen LogP contribution >= 0.6 is 11.3 Å². The van der Waals surface area contributed by atoms with Gasteiger partial charge >= 0.3 is 6.03 Å². The van der Waals surface area contributed by atoms with E-state index in [9.17, 15) is 4.79 Å². The number of hydrogen-bond acceptors (Lipinski definition) is 4. The van der Waals surface area contributed by atoms with Crippen molar-refractivity contribution >= 4 is 23.1 Å². The third-order valence-corrected chi connectivity index (χ3v) is 4.30. The summed E-state index contributed by atoms with van der Waals surface area (Å²) in [4.78, 5) is 16.6. The second-order valence-corrected chi connectivity index (χ2v) is 5.88. The number of nitrogens with zero attached hydrogens (tertiary/aromatic N) is 1. The highest BCUT2D eigenvalue weighted by Gasteiger charge is 2.08. The molecule has 122 valence electrons. The highest BCUT2D eigenvalue weighted by atomic mass is 32.1. The first-order valence-corrected chi connectivity index (χ1v) is 8.32. The van der Waals surface area contributed by atoms with Gasteiger partial charge in [-0.25, -0.2) is 9.78 Å². The molecule has 0 radical (unpaired) electrons. The Kier molecular flexibility index (Phi) is 5.08. The van der Waals surface area contributed by atoms with Crippen LogP contribution in [0.25, 0.3) is 10.6 Å². The van der Waals surface area contributed by atoms with E-state index in [4.69, 9.17) is 4.74 Å². The molecule has 0 bridgehead atoms. The largest absolute Gasteiger partial charge is 0.495 e. The molecule has 24 heavy (non-hydrogen) atoms. The average molecular weight is 339 g/mol. The lowest BCUT2D eigenvalue weighted by molar-refractivity contribution is 0.251. The Hall–Kier alpha value is -2.86. The van der Waals surface area contributed by atoms with E-state index in [-0.39, 0.29) is 6.03 Å². The number of anilines is 1. The number of ether oxygens (including phenoxy) is 1. The zero-order valence-electron chi connectivity index (χ0n) is 13.2. The SMILES string of the molecule is COc1ccccc1NC(=O)NCc1csc(-c2ccccc2)n1. The van der Waals surface area contributed by atoms with Crippen molar-refractivity contribution in [2.75, 3.05) is 12.4 Å². The Balaban J connectivity index is 1.58. The molecule has 0 saturated carbocycles. The number of thiazole rings is 1. The molecular weight excluding hydrogens is 322 g/mol. The van der Waals surface area contributed by atoms with Crippen LogP contribution in [0.4, 0.5) is 10.5 Å². The minimum absolute atomic E-state index is 0.297. The van der Waals surface area contributed by atoms with Gasteiger partial charge in [-0.3, -0.25) is 0 Å². The van der Waals surface area contributed by atoms with Crippen molar-refractivity contribution in [3.05, 3.63) is 65.7 Å². The molecule has 0 unspecified atom stereocenters. The van der Waals surface area contributed by atoms with Gasteiger partial charge in [0.25, 0.3) is 0 Å². The van der Waals surface area contributed by atoms with Crippen molar-refractivity contribution < 1.29 is 9.53 Å². The number of methoxy groups -OCH3 is 1. The molecule has 2 amide bonds. The number of amides is 2. The third-order valence-electron chi connectivity index (χ3n) is 3.36. The molecule has 2 aromatic carbocycles. The van der Waals surface area contributed by atoms with Gasteiger partial charge in [-0.15, -0.1) is 11.3 Å². The summed E-state index contributed by atoms with van der Waals surface area (Å²) in [7, 11) is 1.57. The maximum absolute atomic E-state index is 12.0. The van der Waals surface area contributed by atoms with Gasteiger partial charge in [0.2, 0.25) is 0 Å². The van der Waals surface area contributed by atoms with E-state index in [1.165, 1.54) is 0 Å². The van der Waals surface area contributed by atoms with Crippen LogP contribution in [-0.4, -0.2) is 18.1 Å². The number of urea groups is 1. The summed E-state index contributed by atoms with van der Waals surface area (Å²) in [5, 5.41) is 8.47. The third kappa shape index (κ3) is 3.91. The van der Waals surface area contributed by atoms with Gasteiger partial charge in [0, 0.05) is 10.9 Å². The lowest BCUT2D eigenvalue weighted by Crippen LogP contribution is -2.28. The number of rotatable bonds is 5. The minimum atomic E-state index is -0.297. The number of aromatic nitrogens is 1. The van der Waals surface area contributed by atoms with Gasteiger partial charge in [0.15, 0.2) is 0 Å². The second-order valence-electron chi connectivity index (χ2n) is 5.02. The van der Waals surface area contributed by atoms with Crippen molar-refractivity contribution in [1.82, 2.24) is 10.3 Å². The first kappa shape index (κ1) is 16.0. The smallest absolute Gasteiger partial charge is 0.319 e. The molecule has 0 aliphatic rings. The van der Waals surface area contributed by atoms with E-state index in [0.29, 0.717) is 18.0 Å². The summed E-state index contributed by atoms with van der Waals surface area (Å²) < 4.78 is 5.21. The zero-order valence-corrected chi connectivity index (χ0v) is 14.0. The molecule has 0 aliphatic carbocycles. The molecule has 2 N–H and O–H groups in total. The molecule has 3 aromatic rings. The lowest BCUT2D eigenvalue weighted by Gasteiger charge is -2.10. The van der Waals surface area contributed by atoms with Crippen LogP contribution in [-0.2, 0) is 6.54 Å². The molecule has 0 atom stereocenters. The highest BCUT2D eigenvalue weighted by molar-refractivity contribution is 7.13. The fourth-order valence-corrected chi connectivity index (χ4v) is 3.01. The van der Waals surface area contributed by atoms with E-state index < -0.39 is 0 Å². The molecule has 6 heteroatoms. The highest BCUT2D eigenvalue weighted by Crippen LogP contribution is 2.24. The minimum Gasteiger partial charge on any atom is -0.495 e. The van der Waals surface area contributed by atoms with E-state index in [2.05, 4.69) is 15.6 Å². The maximum Gasteiger partial charge on any atom is 0.319 e. The van der Waals surface area contributed by atoms with Crippen LogP contribution < -0.4 is 15.4 Å². The summed E-state index contributed by atoms with van der Waals surface area (Å²) in [5.41, 5.74) is 2.53. The van der Waals surface area contributed by atoms with Crippen LogP contribution in [0.1, 0.15) is 5.69 Å². The number of benzene rings is 2. The van der Waals surface area contributed by atoms with E-state index in [1.54, 1.807) is 30.6 Å². The van der Waals surface area contributed by atoms with Crippen molar-refractivity contribution in [2.24, 2.45) is 0 Å². The molecule has 0 spiro atoms. The normalized spacial score (nSPS) is 10.2. The Morgan fingerprint density at radius 2 is 1.88 bits per heavy atom. The maximum atomic E-state index is 12.0. The summed E-state index contributed by atoms with van der Waals surface area (Å²) in [6.45, 7) is 0.365. The molecular formula is C18H17N3O2S. The zero-order chi connectivity index (χ0) is 16.8. The number of nitrogens with one attached hydrogen (secondary N) is 2. The van der Waals surface area contributed by atoms with Gasteiger partial charge in [0.05, 0.1) is 25.0 Å². The van der Waals surface area contributed by atoms with Gasteiger partial charge < -0.3 is 15.4 Å². The number of hydrogen-bond donors (Lipinski definition) is 2. The number of carbonyl (C=O) groups is 1. The van der Waals surface area contributed by atoms with Gasteiger partial charge in [-0.2, -0.15) is 0 Å². The van der Waals surface area contributed by atoms with Gasteiger partial charge in [-0.1, -0.05) is 42.5 Å². The Morgan fingerprint density at radius 3 is 2.67 bits per heavy atom. The standard InChI is InChI=1S/C18H17N3O2S/c1-23-16-10-6-5-9-15(16)21-18(22)19-11-14-12-24-17(20-14)13-7-3-2-4-8-13/h2-10,12H,11H2,1H3,(H2,19,21,22). The number of carbonyl (C=O) groups excluding carboxylic acids is 1. The molecule has 5 nitrogen and oxygen atoms in total. The first-order chi connectivity index (χ1) is 11.8. The Labute approximate surface area is 144 Å². The molecule has 0 fully saturated rings. The van der Waals surface area contributed by atoms with E-state index >= 15 is 0 Å². The predicted octanol–water partition coefficient (Wildman–Crippen LogP) is 4.14. The number of para-hydroxylation sites is 2. The Morgan fingerprint density at radius 1 is 1.12 bits per heavy atom. The van der Waals surface area contributed by atoms with Crippen LogP contribution in [0.2, 0.25) is 0 Å². The molecule has 0 saturated heterocycles. The van der Waals surface area contributed by atoms with Crippen LogP contribution in [0.3, 0.4) is 0 Å². The van der Waals surface area contributed by atoms with Crippen LogP contribution in [0, 0.1) is 0 Å².